The second-order valence-electron chi connectivity index (χ2n) is 2.19. The molecule has 0 aromatic carbocycles. The predicted octanol–water partition coefficient (Wildman–Crippen LogP) is 2.07. The first kappa shape index (κ1) is 11.2. The van der Waals surface area contributed by atoms with E-state index in [1.54, 1.807) is 6.92 Å². The van der Waals surface area contributed by atoms with E-state index in [0.29, 0.717) is 21.8 Å². The average Bonchev–Trinajstić information content (AvgIpc) is 2.63. The maximum atomic E-state index is 11.2. The van der Waals surface area contributed by atoms with Crippen LogP contribution in [0.2, 0.25) is 0 Å². The number of thiazole rings is 1. The highest BCUT2D eigenvalue weighted by atomic mass is 79.9. The van der Waals surface area contributed by atoms with Crippen LogP contribution >= 0.6 is 27.3 Å². The van der Waals surface area contributed by atoms with E-state index in [2.05, 4.69) is 32.8 Å². The Balaban J connectivity index is 2.72. The Morgan fingerprint density at radius 1 is 1.79 bits per heavy atom. The summed E-state index contributed by atoms with van der Waals surface area (Å²) in [7, 11) is 0. The molecule has 1 aromatic rings. The van der Waals surface area contributed by atoms with Crippen LogP contribution in [-0.4, -0.2) is 22.9 Å². The van der Waals surface area contributed by atoms with Crippen molar-refractivity contribution in [2.45, 2.75) is 6.92 Å². The molecule has 3 nitrogen and oxygen atoms in total. The molecule has 0 spiro atoms. The number of nitrogens with zero attached hydrogens (tertiary/aromatic N) is 1. The Hall–Kier alpha value is -0.860. The van der Waals surface area contributed by atoms with Gasteiger partial charge in [0.05, 0.1) is 18.1 Å². The fourth-order valence-electron chi connectivity index (χ4n) is 0.738. The van der Waals surface area contributed by atoms with Crippen LogP contribution in [0.15, 0.2) is 6.20 Å². The fourth-order valence-corrected chi connectivity index (χ4v) is 1.56. The van der Waals surface area contributed by atoms with Crippen molar-refractivity contribution in [2.75, 3.05) is 11.9 Å². The fraction of sp³-hybridized carbons (Fsp3) is 0.333. The molecule has 1 rings (SSSR count). The number of carbonyl (C=O) groups is 1. The van der Waals surface area contributed by atoms with Crippen molar-refractivity contribution in [1.29, 1.82) is 0 Å². The molecule has 0 amide bonds. The number of alkyl halides is 1. The zero-order chi connectivity index (χ0) is 10.4. The van der Waals surface area contributed by atoms with E-state index >= 15 is 0 Å². The van der Waals surface area contributed by atoms with Crippen molar-refractivity contribution in [1.82, 2.24) is 4.98 Å². The number of halogens is 1. The summed E-state index contributed by atoms with van der Waals surface area (Å²) < 4.78 is 4.82. The molecule has 0 aliphatic carbocycles. The summed E-state index contributed by atoms with van der Waals surface area (Å²) in [4.78, 5) is 15.7. The first-order chi connectivity index (χ1) is 6.77. The number of esters is 1. The normalized spacial score (nSPS) is 9.00. The van der Waals surface area contributed by atoms with Gasteiger partial charge >= 0.3 is 5.97 Å². The minimum atomic E-state index is -0.336. The lowest BCUT2D eigenvalue weighted by Gasteiger charge is -1.95. The van der Waals surface area contributed by atoms with Crippen molar-refractivity contribution in [3.05, 3.63) is 16.1 Å². The predicted molar refractivity (Wildman–Crippen MR) is 58.7 cm³/mol. The molecule has 0 atom stereocenters. The van der Waals surface area contributed by atoms with E-state index < -0.39 is 0 Å². The summed E-state index contributed by atoms with van der Waals surface area (Å²) in [6.45, 7) is 2.14. The van der Waals surface area contributed by atoms with Crippen molar-refractivity contribution in [3.8, 4) is 11.8 Å². The smallest absolute Gasteiger partial charge is 0.349 e. The van der Waals surface area contributed by atoms with Crippen LogP contribution < -0.4 is 0 Å². The molecule has 0 aliphatic heterocycles. The summed E-state index contributed by atoms with van der Waals surface area (Å²) in [6.07, 6.45) is 1.49. The van der Waals surface area contributed by atoms with Crippen LogP contribution in [0, 0.1) is 11.8 Å². The molecule has 0 fully saturated rings. The Morgan fingerprint density at radius 3 is 3.21 bits per heavy atom. The molecule has 74 valence electrons. The molecule has 1 aromatic heterocycles. The van der Waals surface area contributed by atoms with Gasteiger partial charge in [-0.15, -0.1) is 0 Å². The Kier molecular flexibility index (Phi) is 4.63. The maximum absolute atomic E-state index is 11.2. The third-order valence-electron chi connectivity index (χ3n) is 1.24. The van der Waals surface area contributed by atoms with E-state index in [0.717, 1.165) is 0 Å². The van der Waals surface area contributed by atoms with Crippen molar-refractivity contribution < 1.29 is 9.53 Å². The minimum absolute atomic E-state index is 0.336. The Bertz CT molecular complexity index is 378. The Labute approximate surface area is 94.6 Å². The van der Waals surface area contributed by atoms with Crippen molar-refractivity contribution >= 4 is 33.2 Å². The summed E-state index contributed by atoms with van der Waals surface area (Å²) in [6, 6.07) is 0. The minimum Gasteiger partial charge on any atom is -0.462 e. The highest BCUT2D eigenvalue weighted by Crippen LogP contribution is 2.12. The third-order valence-corrected chi connectivity index (χ3v) is 2.42. The zero-order valence-electron chi connectivity index (χ0n) is 7.54. The molecule has 0 bridgehead atoms. The number of hydrogen-bond acceptors (Lipinski definition) is 4. The number of ether oxygens (including phenoxy) is 1. The molecule has 1 heterocycles. The molecular weight excluding hydrogens is 266 g/mol. The molecular formula is C9H8BrNO2S. The standard InChI is InChI=1S/C9H8BrNO2S/c1-2-13-9(12)7-6-11-8(14-7)4-3-5-10/h6H,2,5H2,1H3. The monoisotopic (exact) mass is 273 g/mol. The zero-order valence-corrected chi connectivity index (χ0v) is 9.94. The number of aromatic nitrogens is 1. The molecule has 0 saturated heterocycles. The maximum Gasteiger partial charge on any atom is 0.349 e. The molecule has 0 aliphatic rings. The third kappa shape index (κ3) is 3.13. The SMILES string of the molecule is CCOC(=O)c1cnc(C#CCBr)s1. The van der Waals surface area contributed by atoms with Gasteiger partial charge in [0.2, 0.25) is 0 Å². The van der Waals surface area contributed by atoms with Crippen LogP contribution in [-0.2, 0) is 4.74 Å². The molecule has 0 N–H and O–H groups in total. The largest absolute Gasteiger partial charge is 0.462 e. The lowest BCUT2D eigenvalue weighted by Crippen LogP contribution is -2.01. The Morgan fingerprint density at radius 2 is 2.57 bits per heavy atom. The van der Waals surface area contributed by atoms with Gasteiger partial charge in [-0.1, -0.05) is 33.2 Å². The summed E-state index contributed by atoms with van der Waals surface area (Å²) in [5, 5.41) is 1.23. The van der Waals surface area contributed by atoms with E-state index in [9.17, 15) is 4.79 Å². The van der Waals surface area contributed by atoms with Crippen LogP contribution in [0.3, 0.4) is 0 Å². The van der Waals surface area contributed by atoms with Crippen LogP contribution in [0.25, 0.3) is 0 Å². The highest BCUT2D eigenvalue weighted by Gasteiger charge is 2.09. The summed E-state index contributed by atoms with van der Waals surface area (Å²) >= 11 is 4.42. The quantitative estimate of drug-likeness (QED) is 0.471. The van der Waals surface area contributed by atoms with E-state index in [1.807, 2.05) is 0 Å². The average molecular weight is 274 g/mol. The van der Waals surface area contributed by atoms with Gasteiger partial charge in [-0.25, -0.2) is 9.78 Å². The first-order valence-electron chi connectivity index (χ1n) is 3.95. The van der Waals surface area contributed by atoms with Gasteiger partial charge in [0.15, 0.2) is 5.01 Å². The summed E-state index contributed by atoms with van der Waals surface area (Å²) in [5.41, 5.74) is 0. The number of hydrogen-bond donors (Lipinski definition) is 0. The van der Waals surface area contributed by atoms with Crippen LogP contribution in [0.5, 0.6) is 0 Å². The van der Waals surface area contributed by atoms with Gasteiger partial charge < -0.3 is 4.74 Å². The van der Waals surface area contributed by atoms with Gasteiger partial charge in [0, 0.05) is 0 Å². The second-order valence-corrected chi connectivity index (χ2v) is 3.78. The lowest BCUT2D eigenvalue weighted by atomic mass is 10.5. The van der Waals surface area contributed by atoms with Crippen LogP contribution in [0.4, 0.5) is 0 Å². The molecule has 0 saturated carbocycles. The van der Waals surface area contributed by atoms with Gasteiger partial charge in [-0.3, -0.25) is 0 Å². The van der Waals surface area contributed by atoms with Gasteiger partial charge in [0.25, 0.3) is 0 Å². The van der Waals surface area contributed by atoms with Crippen molar-refractivity contribution in [3.63, 3.8) is 0 Å². The van der Waals surface area contributed by atoms with Gasteiger partial charge in [-0.2, -0.15) is 0 Å². The number of carbonyl (C=O) groups excluding carboxylic acids is 1. The van der Waals surface area contributed by atoms with Gasteiger partial charge in [-0.05, 0) is 12.8 Å². The van der Waals surface area contributed by atoms with Crippen molar-refractivity contribution in [2.24, 2.45) is 0 Å². The topological polar surface area (TPSA) is 39.2 Å². The highest BCUT2D eigenvalue weighted by molar-refractivity contribution is 9.09. The molecule has 0 unspecified atom stereocenters. The van der Waals surface area contributed by atoms with Gasteiger partial charge in [0.1, 0.15) is 4.88 Å². The molecule has 0 radical (unpaired) electrons. The van der Waals surface area contributed by atoms with E-state index in [-0.39, 0.29) is 5.97 Å². The molecule has 5 heteroatoms. The molecule has 14 heavy (non-hydrogen) atoms. The number of rotatable bonds is 2. The second kappa shape index (κ2) is 5.78. The first-order valence-corrected chi connectivity index (χ1v) is 5.89. The van der Waals surface area contributed by atoms with Crippen LogP contribution in [0.1, 0.15) is 21.6 Å². The van der Waals surface area contributed by atoms with E-state index in [4.69, 9.17) is 4.74 Å². The lowest BCUT2D eigenvalue weighted by molar-refractivity contribution is 0.0532. The van der Waals surface area contributed by atoms with E-state index in [1.165, 1.54) is 17.5 Å². The summed E-state index contributed by atoms with van der Waals surface area (Å²) in [5.74, 6) is 5.29.